The largest absolute Gasteiger partial charge is 0.481 e. The van der Waals surface area contributed by atoms with Gasteiger partial charge in [0.05, 0.1) is 0 Å². The highest BCUT2D eigenvalue weighted by Crippen LogP contribution is 2.18. The molecule has 0 spiro atoms. The van der Waals surface area contributed by atoms with Crippen LogP contribution < -0.4 is 15.6 Å². The Balaban J connectivity index is 1.79. The zero-order valence-electron chi connectivity index (χ0n) is 13.2. The summed E-state index contributed by atoms with van der Waals surface area (Å²) in [5.41, 5.74) is 4.58. The van der Waals surface area contributed by atoms with Crippen LogP contribution in [0.4, 0.5) is 0 Å². The van der Waals surface area contributed by atoms with Crippen molar-refractivity contribution in [1.82, 2.24) is 10.9 Å². The highest BCUT2D eigenvalue weighted by molar-refractivity contribution is 9.10. The predicted molar refractivity (Wildman–Crippen MR) is 93.0 cm³/mol. The number of carbonyl (C=O) groups is 2. The van der Waals surface area contributed by atoms with Gasteiger partial charge >= 0.3 is 0 Å². The molecule has 0 aliphatic heterocycles. The van der Waals surface area contributed by atoms with E-state index in [9.17, 15) is 9.59 Å². The van der Waals surface area contributed by atoms with Crippen LogP contribution in [0.5, 0.6) is 5.75 Å². The first-order valence-corrected chi connectivity index (χ1v) is 8.00. The van der Waals surface area contributed by atoms with E-state index in [0.717, 1.165) is 10.2 Å². The van der Waals surface area contributed by atoms with Gasteiger partial charge in [0.15, 0.2) is 6.10 Å². The summed E-state index contributed by atoms with van der Waals surface area (Å²) in [7, 11) is 0. The highest BCUT2D eigenvalue weighted by atomic mass is 79.9. The van der Waals surface area contributed by atoms with E-state index in [1.165, 1.54) is 12.2 Å². The van der Waals surface area contributed by atoms with Crippen LogP contribution in [0.1, 0.15) is 18.4 Å². The summed E-state index contributed by atoms with van der Waals surface area (Å²) in [6.07, 6.45) is 2.00. The van der Waals surface area contributed by atoms with Crippen molar-refractivity contribution in [2.24, 2.45) is 0 Å². The Labute approximate surface area is 148 Å². The van der Waals surface area contributed by atoms with Gasteiger partial charge in [-0.3, -0.25) is 20.4 Å². The Kier molecular flexibility index (Phi) is 6.20. The van der Waals surface area contributed by atoms with Gasteiger partial charge in [0.25, 0.3) is 11.8 Å². The lowest BCUT2D eigenvalue weighted by Gasteiger charge is -2.14. The molecule has 2 aromatic rings. The lowest BCUT2D eigenvalue weighted by atomic mass is 10.3. The van der Waals surface area contributed by atoms with Crippen molar-refractivity contribution in [1.29, 1.82) is 0 Å². The zero-order valence-corrected chi connectivity index (χ0v) is 14.8. The Morgan fingerprint density at radius 1 is 1.25 bits per heavy atom. The fraction of sp³-hybridized carbons (Fsp3) is 0.176. The topological polar surface area (TPSA) is 80.6 Å². The molecule has 1 aromatic carbocycles. The number of hydrazine groups is 1. The minimum absolute atomic E-state index is 0.467. The third-order valence-corrected chi connectivity index (χ3v) is 3.44. The third-order valence-electron chi connectivity index (χ3n) is 2.95. The summed E-state index contributed by atoms with van der Waals surface area (Å²) < 4.78 is 11.6. The van der Waals surface area contributed by atoms with E-state index < -0.39 is 17.9 Å². The lowest BCUT2D eigenvalue weighted by Crippen LogP contribution is -2.46. The molecule has 0 aliphatic rings. The van der Waals surface area contributed by atoms with Gasteiger partial charge in [0.1, 0.15) is 17.3 Å². The molecule has 0 aliphatic carbocycles. The summed E-state index contributed by atoms with van der Waals surface area (Å²) in [6, 6.07) is 10.7. The van der Waals surface area contributed by atoms with E-state index >= 15 is 0 Å². The Morgan fingerprint density at radius 2 is 2.04 bits per heavy atom. The third kappa shape index (κ3) is 5.58. The molecule has 0 radical (unpaired) electrons. The van der Waals surface area contributed by atoms with Crippen LogP contribution in [0.15, 0.2) is 51.4 Å². The molecule has 2 rings (SSSR count). The molecule has 6 nitrogen and oxygen atoms in total. The smallest absolute Gasteiger partial charge is 0.279 e. The Bertz CT molecular complexity index is 755. The molecule has 2 amide bonds. The normalized spacial score (nSPS) is 12.0. The van der Waals surface area contributed by atoms with E-state index in [4.69, 9.17) is 9.15 Å². The van der Waals surface area contributed by atoms with Crippen LogP contribution in [-0.2, 0) is 9.59 Å². The van der Waals surface area contributed by atoms with Crippen molar-refractivity contribution in [3.05, 3.63) is 58.5 Å². The number of carbonyl (C=O) groups excluding carboxylic acids is 2. The molecule has 1 heterocycles. The zero-order chi connectivity index (χ0) is 17.5. The molecule has 1 aromatic heterocycles. The SMILES string of the molecule is Cc1ccc(/C=C/C(=O)NNC(=O)C(C)Oc2cccc(Br)c2)o1. The van der Waals surface area contributed by atoms with Gasteiger partial charge < -0.3 is 9.15 Å². The molecule has 7 heteroatoms. The van der Waals surface area contributed by atoms with Crippen molar-refractivity contribution in [2.75, 3.05) is 0 Å². The Morgan fingerprint density at radius 3 is 2.71 bits per heavy atom. The van der Waals surface area contributed by atoms with Crippen molar-refractivity contribution < 1.29 is 18.7 Å². The van der Waals surface area contributed by atoms with Gasteiger partial charge in [0, 0.05) is 10.5 Å². The fourth-order valence-corrected chi connectivity index (χ4v) is 2.14. The molecular weight excluding hydrogens is 376 g/mol. The number of furan rings is 1. The average molecular weight is 393 g/mol. The van der Waals surface area contributed by atoms with E-state index in [-0.39, 0.29) is 0 Å². The number of ether oxygens (including phenoxy) is 1. The molecule has 2 N–H and O–H groups in total. The summed E-state index contributed by atoms with van der Waals surface area (Å²) >= 11 is 3.32. The van der Waals surface area contributed by atoms with Crippen LogP contribution >= 0.6 is 15.9 Å². The second-order valence-electron chi connectivity index (χ2n) is 4.98. The summed E-state index contributed by atoms with van der Waals surface area (Å²) in [4.78, 5) is 23.6. The molecule has 0 bridgehead atoms. The first-order valence-electron chi connectivity index (χ1n) is 7.20. The second-order valence-corrected chi connectivity index (χ2v) is 5.89. The standard InChI is InChI=1S/C17H17BrN2O4/c1-11-6-7-14(23-11)8-9-16(21)19-20-17(22)12(2)24-15-5-3-4-13(18)10-15/h3-10,12H,1-2H3,(H,19,21)(H,20,22)/b9-8+. The maximum atomic E-state index is 11.9. The minimum Gasteiger partial charge on any atom is -0.481 e. The van der Waals surface area contributed by atoms with Gasteiger partial charge in [-0.25, -0.2) is 0 Å². The number of benzene rings is 1. The van der Waals surface area contributed by atoms with Crippen molar-refractivity contribution in [3.8, 4) is 5.75 Å². The van der Waals surface area contributed by atoms with Gasteiger partial charge in [-0.05, 0) is 50.3 Å². The van der Waals surface area contributed by atoms with E-state index in [2.05, 4.69) is 26.8 Å². The van der Waals surface area contributed by atoms with Crippen molar-refractivity contribution in [2.45, 2.75) is 20.0 Å². The molecule has 1 atom stereocenters. The molecule has 0 fully saturated rings. The molecule has 1 unspecified atom stereocenters. The number of halogens is 1. The van der Waals surface area contributed by atoms with E-state index in [1.54, 1.807) is 37.3 Å². The number of rotatable bonds is 5. The number of hydrogen-bond acceptors (Lipinski definition) is 4. The summed E-state index contributed by atoms with van der Waals surface area (Å²) in [5, 5.41) is 0. The fourth-order valence-electron chi connectivity index (χ4n) is 1.77. The molecular formula is C17H17BrN2O4. The summed E-state index contributed by atoms with van der Waals surface area (Å²) in [5.74, 6) is 0.909. The first-order chi connectivity index (χ1) is 11.4. The van der Waals surface area contributed by atoms with Gasteiger partial charge in [0.2, 0.25) is 0 Å². The van der Waals surface area contributed by atoms with Gasteiger partial charge in [-0.2, -0.15) is 0 Å². The average Bonchev–Trinajstić information content (AvgIpc) is 2.96. The maximum Gasteiger partial charge on any atom is 0.279 e. The monoisotopic (exact) mass is 392 g/mol. The van der Waals surface area contributed by atoms with Crippen molar-refractivity contribution in [3.63, 3.8) is 0 Å². The van der Waals surface area contributed by atoms with Crippen LogP contribution in [0, 0.1) is 6.92 Å². The predicted octanol–water partition coefficient (Wildman–Crippen LogP) is 2.98. The maximum absolute atomic E-state index is 11.9. The quantitative estimate of drug-likeness (QED) is 0.605. The molecule has 0 saturated heterocycles. The van der Waals surface area contributed by atoms with E-state index in [0.29, 0.717) is 11.5 Å². The molecule has 0 saturated carbocycles. The summed E-state index contributed by atoms with van der Waals surface area (Å²) in [6.45, 7) is 3.40. The molecule has 24 heavy (non-hydrogen) atoms. The van der Waals surface area contributed by atoms with Crippen molar-refractivity contribution >= 4 is 33.8 Å². The number of nitrogens with one attached hydrogen (secondary N) is 2. The van der Waals surface area contributed by atoms with Crippen LogP contribution in [-0.4, -0.2) is 17.9 Å². The highest BCUT2D eigenvalue weighted by Gasteiger charge is 2.15. The van der Waals surface area contributed by atoms with Crippen LogP contribution in [0.2, 0.25) is 0 Å². The number of amides is 2. The Hall–Kier alpha value is -2.54. The van der Waals surface area contributed by atoms with Gasteiger partial charge in [-0.15, -0.1) is 0 Å². The van der Waals surface area contributed by atoms with E-state index in [1.807, 2.05) is 13.0 Å². The lowest BCUT2D eigenvalue weighted by molar-refractivity contribution is -0.131. The van der Waals surface area contributed by atoms with Crippen LogP contribution in [0.25, 0.3) is 6.08 Å². The van der Waals surface area contributed by atoms with Gasteiger partial charge in [-0.1, -0.05) is 22.0 Å². The number of hydrogen-bond donors (Lipinski definition) is 2. The second kappa shape index (κ2) is 8.35. The minimum atomic E-state index is -0.767. The van der Waals surface area contributed by atoms with Crippen LogP contribution in [0.3, 0.4) is 0 Å². The first kappa shape index (κ1) is 17.8. The number of aryl methyl sites for hydroxylation is 1. The molecule has 126 valence electrons.